The highest BCUT2D eigenvalue weighted by Gasteiger charge is 2.47. The molecule has 110 valence electrons. The van der Waals surface area contributed by atoms with Gasteiger partial charge in [0.15, 0.2) is 0 Å². The van der Waals surface area contributed by atoms with Gasteiger partial charge in [-0.25, -0.2) is 0 Å². The molecule has 2 unspecified atom stereocenters. The second-order valence-electron chi connectivity index (χ2n) is 5.77. The summed E-state index contributed by atoms with van der Waals surface area (Å²) in [4.78, 5) is 23.9. The highest BCUT2D eigenvalue weighted by atomic mass is 16.2. The van der Waals surface area contributed by atoms with Crippen LogP contribution in [0.3, 0.4) is 0 Å². The van der Waals surface area contributed by atoms with Gasteiger partial charge in [-0.05, 0) is 30.5 Å². The molecule has 1 saturated carbocycles. The normalized spacial score (nSPS) is 19.7. The maximum absolute atomic E-state index is 12.1. The van der Waals surface area contributed by atoms with Gasteiger partial charge in [-0.1, -0.05) is 19.9 Å². The summed E-state index contributed by atoms with van der Waals surface area (Å²) in [6.45, 7) is 4.69. The number of anilines is 1. The third-order valence-electron chi connectivity index (χ3n) is 3.41. The molecule has 0 bridgehead atoms. The number of nitriles is 1. The number of carbonyl (C=O) groups excluding carboxylic acids is 2. The topological polar surface area (TPSA) is 82.0 Å². The Hall–Kier alpha value is -2.35. The molecule has 1 fully saturated rings. The molecule has 5 heteroatoms. The summed E-state index contributed by atoms with van der Waals surface area (Å²) in [5.41, 5.74) is 1.09. The third kappa shape index (κ3) is 4.06. The van der Waals surface area contributed by atoms with Crippen LogP contribution in [-0.2, 0) is 9.59 Å². The highest BCUT2D eigenvalue weighted by Crippen LogP contribution is 2.39. The largest absolute Gasteiger partial charge is 0.356 e. The van der Waals surface area contributed by atoms with Crippen molar-refractivity contribution in [1.29, 1.82) is 5.26 Å². The van der Waals surface area contributed by atoms with E-state index < -0.39 is 0 Å². The number of hydrogen-bond donors (Lipinski definition) is 2. The summed E-state index contributed by atoms with van der Waals surface area (Å²) in [5.74, 6) is -0.288. The molecule has 0 saturated heterocycles. The molecule has 0 aliphatic heterocycles. The first-order valence-corrected chi connectivity index (χ1v) is 7.10. The minimum Gasteiger partial charge on any atom is -0.356 e. The van der Waals surface area contributed by atoms with Crippen LogP contribution in [-0.4, -0.2) is 18.4 Å². The molecule has 1 aliphatic rings. The second kappa shape index (κ2) is 6.40. The minimum atomic E-state index is -0.261. The van der Waals surface area contributed by atoms with Crippen LogP contribution in [0.1, 0.15) is 25.8 Å². The van der Waals surface area contributed by atoms with Crippen LogP contribution in [0.4, 0.5) is 5.69 Å². The van der Waals surface area contributed by atoms with Crippen molar-refractivity contribution in [3.63, 3.8) is 0 Å². The van der Waals surface area contributed by atoms with Crippen LogP contribution in [0, 0.1) is 29.1 Å². The SMILES string of the molecule is CC(C)CNC(=O)C1CC1C(=O)Nc1cccc(C#N)c1. The lowest BCUT2D eigenvalue weighted by molar-refractivity contribution is -0.125. The summed E-state index contributed by atoms with van der Waals surface area (Å²) in [7, 11) is 0. The quantitative estimate of drug-likeness (QED) is 0.867. The van der Waals surface area contributed by atoms with Gasteiger partial charge < -0.3 is 10.6 Å². The van der Waals surface area contributed by atoms with Crippen molar-refractivity contribution in [2.45, 2.75) is 20.3 Å². The molecule has 0 radical (unpaired) electrons. The first-order chi connectivity index (χ1) is 10.0. The van der Waals surface area contributed by atoms with E-state index in [1.165, 1.54) is 0 Å². The minimum absolute atomic E-state index is 0.0466. The molecule has 0 heterocycles. The highest BCUT2D eigenvalue weighted by molar-refractivity contribution is 5.99. The van der Waals surface area contributed by atoms with Crippen molar-refractivity contribution >= 4 is 17.5 Å². The van der Waals surface area contributed by atoms with E-state index in [1.807, 2.05) is 19.9 Å². The fourth-order valence-corrected chi connectivity index (χ4v) is 2.11. The molecule has 0 spiro atoms. The predicted octanol–water partition coefficient (Wildman–Crippen LogP) is 1.91. The average Bonchev–Trinajstić information content (AvgIpc) is 3.25. The number of nitrogens with zero attached hydrogens (tertiary/aromatic N) is 1. The maximum atomic E-state index is 12.1. The van der Waals surface area contributed by atoms with Crippen molar-refractivity contribution in [2.24, 2.45) is 17.8 Å². The Kier molecular flexibility index (Phi) is 4.59. The Morgan fingerprint density at radius 1 is 1.33 bits per heavy atom. The number of amides is 2. The van der Waals surface area contributed by atoms with E-state index in [2.05, 4.69) is 10.6 Å². The van der Waals surface area contributed by atoms with E-state index >= 15 is 0 Å². The van der Waals surface area contributed by atoms with Crippen molar-refractivity contribution in [3.05, 3.63) is 29.8 Å². The Balaban J connectivity index is 1.86. The molecular formula is C16H19N3O2. The van der Waals surface area contributed by atoms with Crippen molar-refractivity contribution < 1.29 is 9.59 Å². The van der Waals surface area contributed by atoms with Gasteiger partial charge in [-0.3, -0.25) is 9.59 Å². The summed E-state index contributed by atoms with van der Waals surface area (Å²) >= 11 is 0. The molecule has 1 aromatic rings. The fourth-order valence-electron chi connectivity index (χ4n) is 2.11. The molecule has 1 aromatic carbocycles. The molecule has 5 nitrogen and oxygen atoms in total. The zero-order chi connectivity index (χ0) is 15.4. The Bertz CT molecular complexity index is 589. The van der Waals surface area contributed by atoms with Gasteiger partial charge in [0.25, 0.3) is 0 Å². The zero-order valence-corrected chi connectivity index (χ0v) is 12.2. The number of rotatable bonds is 5. The first kappa shape index (κ1) is 15.0. The molecule has 2 atom stereocenters. The Morgan fingerprint density at radius 3 is 2.71 bits per heavy atom. The van der Waals surface area contributed by atoms with Crippen LogP contribution in [0.2, 0.25) is 0 Å². The Labute approximate surface area is 124 Å². The van der Waals surface area contributed by atoms with E-state index in [-0.39, 0.29) is 23.7 Å². The van der Waals surface area contributed by atoms with E-state index in [1.54, 1.807) is 24.3 Å². The summed E-state index contributed by atoms with van der Waals surface area (Å²) in [5, 5.41) is 14.4. The Morgan fingerprint density at radius 2 is 2.05 bits per heavy atom. The van der Waals surface area contributed by atoms with Gasteiger partial charge in [0.05, 0.1) is 23.5 Å². The van der Waals surface area contributed by atoms with Gasteiger partial charge in [0.1, 0.15) is 0 Å². The van der Waals surface area contributed by atoms with Crippen molar-refractivity contribution in [1.82, 2.24) is 5.32 Å². The number of hydrogen-bond acceptors (Lipinski definition) is 3. The summed E-state index contributed by atoms with van der Waals surface area (Å²) < 4.78 is 0. The number of benzene rings is 1. The zero-order valence-electron chi connectivity index (χ0n) is 12.2. The number of nitrogens with one attached hydrogen (secondary N) is 2. The molecule has 2 amide bonds. The second-order valence-corrected chi connectivity index (χ2v) is 5.77. The van der Waals surface area contributed by atoms with Crippen LogP contribution < -0.4 is 10.6 Å². The first-order valence-electron chi connectivity index (χ1n) is 7.10. The van der Waals surface area contributed by atoms with Gasteiger partial charge in [0, 0.05) is 12.2 Å². The lowest BCUT2D eigenvalue weighted by Crippen LogP contribution is -2.30. The van der Waals surface area contributed by atoms with Crippen molar-refractivity contribution in [3.8, 4) is 6.07 Å². The lowest BCUT2D eigenvalue weighted by atomic mass is 10.2. The van der Waals surface area contributed by atoms with Gasteiger partial charge in [-0.15, -0.1) is 0 Å². The summed E-state index contributed by atoms with van der Waals surface area (Å²) in [6, 6.07) is 8.77. The monoisotopic (exact) mass is 285 g/mol. The van der Waals surface area contributed by atoms with Crippen molar-refractivity contribution in [2.75, 3.05) is 11.9 Å². The average molecular weight is 285 g/mol. The predicted molar refractivity (Wildman–Crippen MR) is 79.2 cm³/mol. The van der Waals surface area contributed by atoms with Gasteiger partial charge in [0.2, 0.25) is 11.8 Å². The van der Waals surface area contributed by atoms with Crippen LogP contribution in [0.5, 0.6) is 0 Å². The van der Waals surface area contributed by atoms with Crippen LogP contribution >= 0.6 is 0 Å². The molecule has 0 aromatic heterocycles. The molecule has 1 aliphatic carbocycles. The molecular weight excluding hydrogens is 266 g/mol. The lowest BCUT2D eigenvalue weighted by Gasteiger charge is -2.08. The molecule has 2 N–H and O–H groups in total. The smallest absolute Gasteiger partial charge is 0.228 e. The van der Waals surface area contributed by atoms with E-state index in [9.17, 15) is 9.59 Å². The van der Waals surface area contributed by atoms with E-state index in [0.29, 0.717) is 30.1 Å². The standard InChI is InChI=1S/C16H19N3O2/c1-10(2)9-18-15(20)13-7-14(13)16(21)19-12-5-3-4-11(6-12)8-17/h3-6,10,13-14H,7,9H2,1-2H3,(H,18,20)(H,19,21). The van der Waals surface area contributed by atoms with Crippen LogP contribution in [0.25, 0.3) is 0 Å². The van der Waals surface area contributed by atoms with E-state index in [4.69, 9.17) is 5.26 Å². The fraction of sp³-hybridized carbons (Fsp3) is 0.438. The summed E-state index contributed by atoms with van der Waals surface area (Å²) in [6.07, 6.45) is 0.591. The molecule has 2 rings (SSSR count). The molecule has 21 heavy (non-hydrogen) atoms. The third-order valence-corrected chi connectivity index (χ3v) is 3.41. The van der Waals surface area contributed by atoms with Gasteiger partial charge in [-0.2, -0.15) is 5.26 Å². The maximum Gasteiger partial charge on any atom is 0.228 e. The number of carbonyl (C=O) groups is 2. The van der Waals surface area contributed by atoms with Crippen LogP contribution in [0.15, 0.2) is 24.3 Å². The van der Waals surface area contributed by atoms with E-state index in [0.717, 1.165) is 0 Å². The van der Waals surface area contributed by atoms with Gasteiger partial charge >= 0.3 is 0 Å².